The number of benzene rings is 2. The highest BCUT2D eigenvalue weighted by molar-refractivity contribution is 6.00. The van der Waals surface area contributed by atoms with E-state index in [2.05, 4.69) is 23.4 Å². The number of cyclic esters (lactones) is 1. The fourth-order valence-electron chi connectivity index (χ4n) is 3.81. The molecule has 162 valence electrons. The van der Waals surface area contributed by atoms with E-state index in [0.29, 0.717) is 25.0 Å². The molecule has 1 aliphatic rings. The summed E-state index contributed by atoms with van der Waals surface area (Å²) in [5.74, 6) is -0.299. The van der Waals surface area contributed by atoms with Crippen LogP contribution in [0.1, 0.15) is 64.9 Å². The van der Waals surface area contributed by atoms with E-state index in [0.717, 1.165) is 40.8 Å². The highest BCUT2D eigenvalue weighted by Gasteiger charge is 2.22. The van der Waals surface area contributed by atoms with Crippen molar-refractivity contribution in [3.8, 4) is 0 Å². The smallest absolute Gasteiger partial charge is 0.339 e. The summed E-state index contributed by atoms with van der Waals surface area (Å²) in [5.41, 5.74) is 5.33. The molecule has 0 aromatic heterocycles. The summed E-state index contributed by atoms with van der Waals surface area (Å²) in [4.78, 5) is 18.7. The lowest BCUT2D eigenvalue weighted by molar-refractivity contribution is 0.0301. The van der Waals surface area contributed by atoms with Gasteiger partial charge in [0.25, 0.3) is 0 Å². The quantitative estimate of drug-likeness (QED) is 0.328. The van der Waals surface area contributed by atoms with Gasteiger partial charge in [-0.15, -0.1) is 0 Å². The minimum atomic E-state index is -0.325. The van der Waals surface area contributed by atoms with Gasteiger partial charge in [0.2, 0.25) is 0 Å². The van der Waals surface area contributed by atoms with Crippen LogP contribution in [0.15, 0.2) is 71.9 Å². The number of carbonyl (C=O) groups excluding carboxylic acids is 1. The second-order valence-electron chi connectivity index (χ2n) is 7.78. The van der Waals surface area contributed by atoms with Crippen LogP contribution in [-0.4, -0.2) is 18.3 Å². The maximum absolute atomic E-state index is 13.4. The fraction of sp³-hybridized carbons (Fsp3) is 0.333. The molecule has 0 unspecified atom stereocenters. The van der Waals surface area contributed by atoms with Crippen LogP contribution in [0.3, 0.4) is 0 Å². The molecule has 0 saturated carbocycles. The first-order valence-corrected chi connectivity index (χ1v) is 10.9. The first kappa shape index (κ1) is 22.5. The molecular formula is C27H31NO3. The molecule has 1 heterocycles. The highest BCUT2D eigenvalue weighted by atomic mass is 16.6. The van der Waals surface area contributed by atoms with E-state index in [4.69, 9.17) is 9.57 Å². The van der Waals surface area contributed by atoms with E-state index in [-0.39, 0.29) is 12.1 Å². The van der Waals surface area contributed by atoms with Crippen molar-refractivity contribution in [2.45, 2.75) is 52.6 Å². The average molecular weight is 418 g/mol. The topological polar surface area (TPSA) is 47.9 Å². The van der Waals surface area contributed by atoms with Crippen LogP contribution in [0.2, 0.25) is 0 Å². The Balaban J connectivity index is 2.03. The third-order valence-corrected chi connectivity index (χ3v) is 5.20. The van der Waals surface area contributed by atoms with E-state index >= 15 is 0 Å². The van der Waals surface area contributed by atoms with Crippen LogP contribution in [0.25, 0.3) is 0 Å². The van der Waals surface area contributed by atoms with Crippen molar-refractivity contribution in [1.29, 1.82) is 0 Å². The van der Waals surface area contributed by atoms with Gasteiger partial charge in [0.15, 0.2) is 0 Å². The van der Waals surface area contributed by atoms with Crippen LogP contribution in [0.5, 0.6) is 0 Å². The van der Waals surface area contributed by atoms with Gasteiger partial charge in [-0.3, -0.25) is 0 Å². The third kappa shape index (κ3) is 6.42. The molecule has 0 amide bonds. The summed E-state index contributed by atoms with van der Waals surface area (Å²) in [6.45, 7) is 6.41. The van der Waals surface area contributed by atoms with Gasteiger partial charge in [-0.2, -0.15) is 0 Å². The maximum atomic E-state index is 13.4. The molecule has 4 nitrogen and oxygen atoms in total. The number of allylic oxidation sites excluding steroid dienone is 3. The lowest BCUT2D eigenvalue weighted by atomic mass is 9.94. The molecule has 2 aromatic carbocycles. The molecule has 2 aromatic rings. The predicted molar refractivity (Wildman–Crippen MR) is 125 cm³/mol. The van der Waals surface area contributed by atoms with E-state index < -0.39 is 0 Å². The number of hydrogen-bond donors (Lipinski definition) is 0. The largest absolute Gasteiger partial charge is 0.454 e. The Kier molecular flexibility index (Phi) is 8.22. The molecule has 1 aliphatic heterocycles. The van der Waals surface area contributed by atoms with Crippen LogP contribution < -0.4 is 0 Å². The Morgan fingerprint density at radius 2 is 1.84 bits per heavy atom. The molecule has 31 heavy (non-hydrogen) atoms. The number of fused-ring (bicyclic) bond motifs is 1. The van der Waals surface area contributed by atoms with Gasteiger partial charge in [-0.1, -0.05) is 71.4 Å². The zero-order valence-electron chi connectivity index (χ0n) is 18.6. The minimum Gasteiger partial charge on any atom is -0.454 e. The van der Waals surface area contributed by atoms with Crippen LogP contribution in [0.4, 0.5) is 0 Å². The lowest BCUT2D eigenvalue weighted by Gasteiger charge is -2.20. The highest BCUT2D eigenvalue weighted by Crippen LogP contribution is 2.27. The summed E-state index contributed by atoms with van der Waals surface area (Å²) in [7, 11) is 0. The lowest BCUT2D eigenvalue weighted by Crippen LogP contribution is -2.16. The molecule has 1 atom stereocenters. The summed E-state index contributed by atoms with van der Waals surface area (Å²) in [6.07, 6.45) is 11.0. The number of carbonyl (C=O) groups is 1. The molecule has 4 heteroatoms. The summed E-state index contributed by atoms with van der Waals surface area (Å²) < 4.78 is 6.07. The summed E-state index contributed by atoms with van der Waals surface area (Å²) in [6, 6.07) is 14.0. The van der Waals surface area contributed by atoms with E-state index in [1.165, 1.54) is 0 Å². The van der Waals surface area contributed by atoms with Gasteiger partial charge < -0.3 is 9.57 Å². The van der Waals surface area contributed by atoms with Crippen LogP contribution >= 0.6 is 0 Å². The van der Waals surface area contributed by atoms with Crippen molar-refractivity contribution in [3.63, 3.8) is 0 Å². The first-order valence-electron chi connectivity index (χ1n) is 10.9. The normalized spacial score (nSPS) is 19.9. The van der Waals surface area contributed by atoms with E-state index in [9.17, 15) is 4.79 Å². The number of rotatable bonds is 3. The van der Waals surface area contributed by atoms with E-state index in [1.807, 2.05) is 69.3 Å². The predicted octanol–water partition coefficient (Wildman–Crippen LogP) is 6.43. The summed E-state index contributed by atoms with van der Waals surface area (Å²) >= 11 is 0. The van der Waals surface area contributed by atoms with Crippen molar-refractivity contribution in [2.24, 2.45) is 5.16 Å². The minimum absolute atomic E-state index is 0.299. The zero-order chi connectivity index (χ0) is 22.1. The molecule has 0 spiro atoms. The Bertz CT molecular complexity index is 973. The number of oxime groups is 1. The average Bonchev–Trinajstić information content (AvgIpc) is 2.75. The second kappa shape index (κ2) is 11.3. The molecule has 0 radical (unpaired) electrons. The zero-order valence-corrected chi connectivity index (χ0v) is 18.6. The number of aryl methyl sites for hydroxylation is 2. The fourth-order valence-corrected chi connectivity index (χ4v) is 3.81. The number of ether oxygens (including phenoxy) is 1. The van der Waals surface area contributed by atoms with Gasteiger partial charge in [0, 0.05) is 12.8 Å². The number of hydrogen-bond acceptors (Lipinski definition) is 4. The Morgan fingerprint density at radius 1 is 1.06 bits per heavy atom. The van der Waals surface area contributed by atoms with Crippen molar-refractivity contribution in [1.82, 2.24) is 0 Å². The van der Waals surface area contributed by atoms with Crippen LogP contribution in [0, 0.1) is 13.8 Å². The van der Waals surface area contributed by atoms with Crippen molar-refractivity contribution < 1.29 is 14.4 Å². The number of esters is 1. The Morgan fingerprint density at radius 3 is 2.61 bits per heavy atom. The molecule has 0 N–H and O–H groups in total. The van der Waals surface area contributed by atoms with Gasteiger partial charge in [-0.05, 0) is 56.4 Å². The monoisotopic (exact) mass is 417 g/mol. The third-order valence-electron chi connectivity index (χ3n) is 5.20. The van der Waals surface area contributed by atoms with Crippen LogP contribution in [-0.2, 0) is 16.0 Å². The SMILES string of the molecule is CCON=C1C=CCC/C=C/C[C@@H](c2ccccc2)OC(=O)c2c(C)cc(C)cc2C1. The standard InChI is InChI=1S/C27H31NO3/c1-4-30-28-24-15-11-6-5-7-12-16-25(22-13-9-8-10-14-22)31-27(29)26-21(3)17-20(2)18-23(26)19-24/h7-15,17-18,25H,4-6,16,19H2,1-3H3/b12-7+,15-11?,28-24?/t25-/m0/s1. The Labute approximate surface area is 185 Å². The van der Waals surface area contributed by atoms with Gasteiger partial charge in [-0.25, -0.2) is 4.79 Å². The maximum Gasteiger partial charge on any atom is 0.339 e. The van der Waals surface area contributed by atoms with Crippen molar-refractivity contribution >= 4 is 11.7 Å². The van der Waals surface area contributed by atoms with Gasteiger partial charge in [0.05, 0.1) is 11.3 Å². The molecule has 0 aliphatic carbocycles. The van der Waals surface area contributed by atoms with Crippen molar-refractivity contribution in [2.75, 3.05) is 6.61 Å². The molecule has 0 bridgehead atoms. The molecule has 0 saturated heterocycles. The first-order chi connectivity index (χ1) is 15.1. The van der Waals surface area contributed by atoms with E-state index in [1.54, 1.807) is 0 Å². The molecule has 3 rings (SSSR count). The molecule has 0 fully saturated rings. The molecular weight excluding hydrogens is 386 g/mol. The number of nitrogens with zero attached hydrogens (tertiary/aromatic N) is 1. The van der Waals surface area contributed by atoms with Gasteiger partial charge >= 0.3 is 5.97 Å². The Hall–Kier alpha value is -3.14. The van der Waals surface area contributed by atoms with Crippen molar-refractivity contribution in [3.05, 3.63) is 94.6 Å². The second-order valence-corrected chi connectivity index (χ2v) is 7.78. The summed E-state index contributed by atoms with van der Waals surface area (Å²) in [5, 5.41) is 4.28. The van der Waals surface area contributed by atoms with Gasteiger partial charge in [0.1, 0.15) is 12.7 Å².